The zero-order valence-electron chi connectivity index (χ0n) is 35.8. The van der Waals surface area contributed by atoms with Crippen LogP contribution in [0.25, 0.3) is 43.4 Å². The number of nitrogens with one attached hydrogen (secondary N) is 1. The fraction of sp³-hybridized carbons (Fsp3) is 0.444. The van der Waals surface area contributed by atoms with Crippen molar-refractivity contribution in [3.63, 3.8) is 0 Å². The summed E-state index contributed by atoms with van der Waals surface area (Å²) in [5, 5.41) is 5.20. The van der Waals surface area contributed by atoms with Gasteiger partial charge in [-0.15, -0.1) is 0 Å². The zero-order valence-corrected chi connectivity index (χ0v) is 35.8. The van der Waals surface area contributed by atoms with Gasteiger partial charge in [-0.05, 0) is 83.6 Å². The van der Waals surface area contributed by atoms with E-state index >= 15 is 0 Å². The third-order valence-electron chi connectivity index (χ3n) is 9.73. The van der Waals surface area contributed by atoms with E-state index in [0.717, 1.165) is 18.8 Å². The molecule has 4 heterocycles. The van der Waals surface area contributed by atoms with Gasteiger partial charge in [0.2, 0.25) is 0 Å². The predicted octanol–water partition coefficient (Wildman–Crippen LogP) is 8.30. The molecule has 0 saturated heterocycles. The van der Waals surface area contributed by atoms with Crippen LogP contribution in [0.3, 0.4) is 0 Å². The molecule has 6 rings (SSSR count). The Balaban J connectivity index is 0.000000230. The van der Waals surface area contributed by atoms with E-state index in [1.54, 1.807) is 50.5 Å². The Hall–Kier alpha value is -5.63. The zero-order chi connectivity index (χ0) is 43.6. The summed E-state index contributed by atoms with van der Waals surface area (Å²) in [7, 11) is 3.29. The highest BCUT2D eigenvalue weighted by Crippen LogP contribution is 2.30. The van der Waals surface area contributed by atoms with Crippen molar-refractivity contribution in [3.8, 4) is 11.5 Å². The number of pyridine rings is 4. The molecule has 2 aromatic carbocycles. The number of fused-ring (bicyclic) bond motifs is 6. The highest BCUT2D eigenvalue weighted by Gasteiger charge is 2.31. The predicted molar refractivity (Wildman–Crippen MR) is 229 cm³/mol. The molecule has 316 valence electrons. The average molecular weight is 815 g/mol. The van der Waals surface area contributed by atoms with E-state index in [9.17, 15) is 23.2 Å². The van der Waals surface area contributed by atoms with E-state index in [1.165, 1.54) is 21.5 Å². The number of aromatic nitrogens is 4. The van der Waals surface area contributed by atoms with Gasteiger partial charge in [0.15, 0.2) is 0 Å². The monoisotopic (exact) mass is 814 g/mol. The molecule has 0 fully saturated rings. The summed E-state index contributed by atoms with van der Waals surface area (Å²) in [4.78, 5) is 45.3. The number of nitrogens with two attached hydrogens (primary N) is 1. The third kappa shape index (κ3) is 10.5. The number of rotatable bonds is 11. The summed E-state index contributed by atoms with van der Waals surface area (Å²) >= 11 is 0. The second kappa shape index (κ2) is 17.3. The van der Waals surface area contributed by atoms with E-state index in [0.29, 0.717) is 58.2 Å². The SMILES string of the molecule is CC(C)CC(C)(COc1ccc2c3c(F)cncc3c(=O)n(C)c2c1)NC(=O)OC(C)(C)C.CC(C)CC(C)(N)COc1ccc2c3c(F)cncc3c(=O)n(C)c2c1. The van der Waals surface area contributed by atoms with Crippen LogP contribution in [-0.2, 0) is 18.8 Å². The molecule has 14 heteroatoms. The molecule has 12 nitrogen and oxygen atoms in total. The molecule has 0 saturated carbocycles. The van der Waals surface area contributed by atoms with Gasteiger partial charge in [-0.1, -0.05) is 27.7 Å². The first-order valence-electron chi connectivity index (χ1n) is 19.7. The van der Waals surface area contributed by atoms with E-state index in [1.807, 2.05) is 34.6 Å². The highest BCUT2D eigenvalue weighted by molar-refractivity contribution is 6.06. The van der Waals surface area contributed by atoms with Gasteiger partial charge in [-0.3, -0.25) is 19.6 Å². The largest absolute Gasteiger partial charge is 0.492 e. The van der Waals surface area contributed by atoms with Crippen LogP contribution in [-0.4, -0.2) is 55.1 Å². The van der Waals surface area contributed by atoms with Gasteiger partial charge in [0.25, 0.3) is 11.1 Å². The molecule has 0 bridgehead atoms. The maximum Gasteiger partial charge on any atom is 0.408 e. The third-order valence-corrected chi connectivity index (χ3v) is 9.73. The van der Waals surface area contributed by atoms with Crippen LogP contribution in [0.4, 0.5) is 13.6 Å². The van der Waals surface area contributed by atoms with Crippen molar-refractivity contribution in [1.29, 1.82) is 0 Å². The fourth-order valence-electron chi connectivity index (χ4n) is 7.58. The van der Waals surface area contributed by atoms with Crippen LogP contribution in [0, 0.1) is 23.5 Å². The van der Waals surface area contributed by atoms with Gasteiger partial charge in [0, 0.05) is 65.7 Å². The number of ether oxygens (including phenoxy) is 3. The standard InChI is InChI=1S/C25H32FN3O4.C20H24FN3O2/c1-15(2)11-25(6,28-23(31)33-24(3,4)5)14-32-16-8-9-17-20(10-16)29(7)22(30)18-12-27-13-19(26)21(17)18;1-12(2)8-20(3,22)11-26-13-5-6-14-17(7-13)24(4)19(25)15-9-23-10-16(21)18(14)15/h8-10,12-13,15H,11,14H2,1-7H3,(H,28,31);5-7,9-10,12H,8,11,22H2,1-4H3. The number of nitrogens with zero attached hydrogens (tertiary/aromatic N) is 4. The lowest BCUT2D eigenvalue weighted by atomic mass is 9.91. The molecule has 4 aromatic heterocycles. The second-order valence-electron chi connectivity index (χ2n) is 17.8. The maximum atomic E-state index is 14.5. The number of halogens is 2. The molecule has 59 heavy (non-hydrogen) atoms. The maximum absolute atomic E-state index is 14.5. The number of benzene rings is 2. The van der Waals surface area contributed by atoms with Gasteiger partial charge in [0.05, 0.1) is 39.7 Å². The van der Waals surface area contributed by atoms with Crippen LogP contribution in [0.5, 0.6) is 11.5 Å². The Morgan fingerprint density at radius 3 is 1.58 bits per heavy atom. The lowest BCUT2D eigenvalue weighted by Crippen LogP contribution is -2.52. The van der Waals surface area contributed by atoms with Crippen LogP contribution in [0.1, 0.15) is 75.2 Å². The summed E-state index contributed by atoms with van der Waals surface area (Å²) < 4.78 is 49.1. The first kappa shape index (κ1) is 44.5. The van der Waals surface area contributed by atoms with Crippen molar-refractivity contribution in [3.05, 3.63) is 93.5 Å². The topological polar surface area (TPSA) is 153 Å². The van der Waals surface area contributed by atoms with Crippen molar-refractivity contribution < 1.29 is 27.8 Å². The minimum absolute atomic E-state index is 0.190. The molecule has 0 radical (unpaired) electrons. The minimum Gasteiger partial charge on any atom is -0.492 e. The second-order valence-corrected chi connectivity index (χ2v) is 17.8. The average Bonchev–Trinajstić information content (AvgIpc) is 3.13. The number of aryl methyl sites for hydroxylation is 2. The smallest absolute Gasteiger partial charge is 0.408 e. The lowest BCUT2D eigenvalue weighted by molar-refractivity contribution is 0.0408. The van der Waals surface area contributed by atoms with Gasteiger partial charge >= 0.3 is 6.09 Å². The molecule has 0 spiro atoms. The van der Waals surface area contributed by atoms with Gasteiger partial charge in [-0.2, -0.15) is 0 Å². The van der Waals surface area contributed by atoms with Crippen LogP contribution in [0.15, 0.2) is 70.8 Å². The molecule has 2 atom stereocenters. The van der Waals surface area contributed by atoms with Crippen molar-refractivity contribution in [2.24, 2.45) is 31.7 Å². The number of carbonyl (C=O) groups is 1. The first-order valence-corrected chi connectivity index (χ1v) is 19.7. The van der Waals surface area contributed by atoms with E-state index in [4.69, 9.17) is 19.9 Å². The number of amides is 1. The van der Waals surface area contributed by atoms with Gasteiger partial charge in [0.1, 0.15) is 41.9 Å². The molecule has 2 unspecified atom stereocenters. The Kier molecular flexibility index (Phi) is 13.0. The number of hydrogen-bond donors (Lipinski definition) is 2. The van der Waals surface area contributed by atoms with Gasteiger partial charge in [-0.25, -0.2) is 13.6 Å². The van der Waals surface area contributed by atoms with Crippen LogP contribution in [0.2, 0.25) is 0 Å². The normalized spacial score (nSPS) is 14.0. The minimum atomic E-state index is -0.682. The number of carbonyl (C=O) groups excluding carboxylic acids is 1. The van der Waals surface area contributed by atoms with E-state index in [-0.39, 0.29) is 39.3 Å². The van der Waals surface area contributed by atoms with E-state index < -0.39 is 34.4 Å². The molecule has 1 amide bonds. The molecule has 0 aliphatic carbocycles. The summed E-state index contributed by atoms with van der Waals surface area (Å²) in [6.07, 6.45) is 6.00. The Morgan fingerprint density at radius 2 is 1.15 bits per heavy atom. The Bertz CT molecular complexity index is 2630. The number of hydrogen-bond acceptors (Lipinski definition) is 9. The first-order chi connectivity index (χ1) is 27.5. The molecule has 3 N–H and O–H groups in total. The summed E-state index contributed by atoms with van der Waals surface area (Å²) in [5.41, 5.74) is 5.07. The summed E-state index contributed by atoms with van der Waals surface area (Å²) in [6.45, 7) is 18.2. The summed E-state index contributed by atoms with van der Waals surface area (Å²) in [6, 6.07) is 10.5. The molecule has 6 aromatic rings. The quantitative estimate of drug-likeness (QED) is 0.123. The summed E-state index contributed by atoms with van der Waals surface area (Å²) in [5.74, 6) is 0.817. The fourth-order valence-corrected chi connectivity index (χ4v) is 7.58. The van der Waals surface area contributed by atoms with Crippen molar-refractivity contribution in [2.45, 2.75) is 91.8 Å². The van der Waals surface area contributed by atoms with Gasteiger partial charge < -0.3 is 34.4 Å². The number of alkyl carbamates (subject to hydrolysis) is 1. The Morgan fingerprint density at radius 1 is 0.712 bits per heavy atom. The molecule has 0 aliphatic heterocycles. The highest BCUT2D eigenvalue weighted by atomic mass is 19.1. The van der Waals surface area contributed by atoms with Crippen LogP contribution < -0.4 is 31.6 Å². The molecular formula is C45H56F2N6O6. The Labute approximate surface area is 342 Å². The van der Waals surface area contributed by atoms with Crippen molar-refractivity contribution in [1.82, 2.24) is 24.4 Å². The van der Waals surface area contributed by atoms with E-state index in [2.05, 4.69) is 43.0 Å². The van der Waals surface area contributed by atoms with Crippen molar-refractivity contribution in [2.75, 3.05) is 13.2 Å². The van der Waals surface area contributed by atoms with Crippen LogP contribution >= 0.6 is 0 Å². The van der Waals surface area contributed by atoms with Crippen molar-refractivity contribution >= 4 is 49.4 Å². The molecule has 0 aliphatic rings. The molecular weight excluding hydrogens is 759 g/mol. The lowest BCUT2D eigenvalue weighted by Gasteiger charge is -2.33.